The van der Waals surface area contributed by atoms with Crippen LogP contribution in [-0.4, -0.2) is 37.1 Å². The first-order valence-electron chi connectivity index (χ1n) is 8.94. The summed E-state index contributed by atoms with van der Waals surface area (Å²) >= 11 is 3.34. The number of carbonyl (C=O) groups excluding carboxylic acids is 1. The standard InChI is InChI=1S/C20H16BrN5O4/c1-2-30-14-6-4-3-5-12(14)26-19-16(24-20(26)29)15(17(22)28)23-18(25-19)11-9-10(21)7-8-13(11)27/h3-9,27H,2H2,1H3,(H2,22,28)(H,24,29). The quantitative estimate of drug-likeness (QED) is 0.411. The van der Waals surface area contributed by atoms with Gasteiger partial charge in [-0.2, -0.15) is 0 Å². The third-order valence-electron chi connectivity index (χ3n) is 4.38. The lowest BCUT2D eigenvalue weighted by Gasteiger charge is -2.11. The SMILES string of the molecule is CCOc1ccccc1-n1c(=O)[nH]c2c(C(N)=O)nc(-c3cc(Br)ccc3O)nc21. The topological polar surface area (TPSA) is 136 Å². The average molecular weight is 470 g/mol. The first-order valence-corrected chi connectivity index (χ1v) is 9.73. The van der Waals surface area contributed by atoms with E-state index >= 15 is 0 Å². The van der Waals surface area contributed by atoms with Crippen molar-refractivity contribution in [1.82, 2.24) is 19.5 Å². The van der Waals surface area contributed by atoms with Crippen molar-refractivity contribution in [3.05, 3.63) is 63.1 Å². The zero-order valence-corrected chi connectivity index (χ0v) is 17.3. The molecule has 2 heterocycles. The van der Waals surface area contributed by atoms with Crippen LogP contribution < -0.4 is 16.2 Å². The molecular weight excluding hydrogens is 454 g/mol. The van der Waals surface area contributed by atoms with Crippen molar-refractivity contribution < 1.29 is 14.6 Å². The van der Waals surface area contributed by atoms with E-state index in [2.05, 4.69) is 30.9 Å². The van der Waals surface area contributed by atoms with E-state index in [0.717, 1.165) is 0 Å². The normalized spacial score (nSPS) is 11.0. The summed E-state index contributed by atoms with van der Waals surface area (Å²) in [6.07, 6.45) is 0. The molecule has 4 rings (SSSR count). The highest BCUT2D eigenvalue weighted by molar-refractivity contribution is 9.10. The molecule has 0 fully saturated rings. The minimum Gasteiger partial charge on any atom is -0.507 e. The molecule has 0 unspecified atom stereocenters. The number of amides is 1. The summed E-state index contributed by atoms with van der Waals surface area (Å²) in [6.45, 7) is 2.23. The first-order chi connectivity index (χ1) is 14.4. The smallest absolute Gasteiger partial charge is 0.332 e. The van der Waals surface area contributed by atoms with Gasteiger partial charge in [-0.1, -0.05) is 28.1 Å². The number of nitrogens with one attached hydrogen (secondary N) is 1. The number of phenolic OH excluding ortho intramolecular Hbond substituents is 1. The van der Waals surface area contributed by atoms with Crippen LogP contribution in [0.1, 0.15) is 17.4 Å². The molecule has 0 aliphatic rings. The Morgan fingerprint density at radius 3 is 2.77 bits per heavy atom. The van der Waals surface area contributed by atoms with Gasteiger partial charge in [-0.05, 0) is 37.3 Å². The van der Waals surface area contributed by atoms with E-state index in [1.165, 1.54) is 10.6 Å². The molecule has 4 aromatic rings. The Morgan fingerprint density at radius 2 is 2.03 bits per heavy atom. The highest BCUT2D eigenvalue weighted by Gasteiger charge is 2.22. The molecule has 0 radical (unpaired) electrons. The number of H-pyrrole nitrogens is 1. The van der Waals surface area contributed by atoms with Crippen LogP contribution in [0.3, 0.4) is 0 Å². The number of aromatic hydroxyl groups is 1. The lowest BCUT2D eigenvalue weighted by molar-refractivity contribution is 0.0997. The number of halogens is 1. The van der Waals surface area contributed by atoms with E-state index in [0.29, 0.717) is 22.5 Å². The van der Waals surface area contributed by atoms with Gasteiger partial charge in [-0.3, -0.25) is 4.79 Å². The lowest BCUT2D eigenvalue weighted by atomic mass is 10.2. The van der Waals surface area contributed by atoms with Gasteiger partial charge in [0.1, 0.15) is 17.0 Å². The van der Waals surface area contributed by atoms with Crippen LogP contribution in [0.5, 0.6) is 11.5 Å². The van der Waals surface area contributed by atoms with Crippen LogP contribution in [-0.2, 0) is 0 Å². The van der Waals surface area contributed by atoms with Crippen molar-refractivity contribution in [2.45, 2.75) is 6.92 Å². The third kappa shape index (κ3) is 3.30. The maximum atomic E-state index is 12.8. The zero-order chi connectivity index (χ0) is 21.4. The van der Waals surface area contributed by atoms with Crippen LogP contribution in [0, 0.1) is 0 Å². The monoisotopic (exact) mass is 469 g/mol. The van der Waals surface area contributed by atoms with E-state index in [1.54, 1.807) is 36.4 Å². The molecule has 2 aromatic carbocycles. The first kappa shape index (κ1) is 19.6. The van der Waals surface area contributed by atoms with Gasteiger partial charge < -0.3 is 20.6 Å². The number of aromatic nitrogens is 4. The number of hydrogen-bond donors (Lipinski definition) is 3. The van der Waals surface area contributed by atoms with Gasteiger partial charge in [-0.25, -0.2) is 19.3 Å². The Kier molecular flexibility index (Phi) is 5.00. The van der Waals surface area contributed by atoms with Gasteiger partial charge in [0.15, 0.2) is 17.2 Å². The summed E-state index contributed by atoms with van der Waals surface area (Å²) < 4.78 is 7.60. The van der Waals surface area contributed by atoms with Gasteiger partial charge in [0.05, 0.1) is 17.9 Å². The van der Waals surface area contributed by atoms with Crippen LogP contribution in [0.2, 0.25) is 0 Å². The summed E-state index contributed by atoms with van der Waals surface area (Å²) in [5.41, 5.74) is 5.74. The second-order valence-corrected chi connectivity index (χ2v) is 7.20. The number of aromatic amines is 1. The summed E-state index contributed by atoms with van der Waals surface area (Å²) in [5, 5.41) is 10.3. The highest BCUT2D eigenvalue weighted by atomic mass is 79.9. The molecule has 0 saturated carbocycles. The number of ether oxygens (including phenoxy) is 1. The van der Waals surface area contributed by atoms with Crippen molar-refractivity contribution in [1.29, 1.82) is 0 Å². The predicted molar refractivity (Wildman–Crippen MR) is 114 cm³/mol. The second kappa shape index (κ2) is 7.64. The van der Waals surface area contributed by atoms with Gasteiger partial charge in [0.25, 0.3) is 5.91 Å². The number of phenols is 1. The summed E-state index contributed by atoms with van der Waals surface area (Å²) in [4.78, 5) is 36.2. The number of imidazole rings is 1. The fourth-order valence-corrected chi connectivity index (χ4v) is 3.47. The maximum Gasteiger partial charge on any atom is 0.332 e. The fraction of sp³-hybridized carbons (Fsp3) is 0.100. The van der Waals surface area contributed by atoms with E-state index in [4.69, 9.17) is 10.5 Å². The van der Waals surface area contributed by atoms with E-state index in [9.17, 15) is 14.7 Å². The van der Waals surface area contributed by atoms with E-state index in [1.807, 2.05) is 6.92 Å². The molecule has 152 valence electrons. The minimum atomic E-state index is -0.843. The van der Waals surface area contributed by atoms with Crippen LogP contribution in [0.15, 0.2) is 51.7 Å². The molecule has 1 amide bonds. The Bertz CT molecular complexity index is 1350. The minimum absolute atomic E-state index is 0.0386. The summed E-state index contributed by atoms with van der Waals surface area (Å²) in [7, 11) is 0. The molecule has 9 nitrogen and oxygen atoms in total. The molecular formula is C20H16BrN5O4. The largest absolute Gasteiger partial charge is 0.507 e. The number of primary amides is 1. The molecule has 0 aliphatic heterocycles. The summed E-state index contributed by atoms with van der Waals surface area (Å²) in [6, 6.07) is 11.7. The van der Waals surface area contributed by atoms with Crippen LogP contribution in [0.25, 0.3) is 28.2 Å². The lowest BCUT2D eigenvalue weighted by Crippen LogP contribution is -2.16. The highest BCUT2D eigenvalue weighted by Crippen LogP contribution is 2.32. The van der Waals surface area contributed by atoms with Crippen molar-refractivity contribution in [2.75, 3.05) is 6.61 Å². The van der Waals surface area contributed by atoms with Gasteiger partial charge in [-0.15, -0.1) is 0 Å². The van der Waals surface area contributed by atoms with Crippen LogP contribution in [0.4, 0.5) is 0 Å². The molecule has 0 atom stereocenters. The fourth-order valence-electron chi connectivity index (χ4n) is 3.11. The molecule has 0 aliphatic carbocycles. The number of fused-ring (bicyclic) bond motifs is 1. The van der Waals surface area contributed by atoms with E-state index < -0.39 is 11.6 Å². The van der Waals surface area contributed by atoms with Gasteiger partial charge >= 0.3 is 5.69 Å². The van der Waals surface area contributed by atoms with Crippen molar-refractivity contribution in [2.24, 2.45) is 5.73 Å². The number of carbonyl (C=O) groups is 1. The molecule has 0 bridgehead atoms. The predicted octanol–water partition coefficient (Wildman–Crippen LogP) is 2.74. The number of rotatable bonds is 5. The Hall–Kier alpha value is -3.66. The maximum absolute atomic E-state index is 12.8. The molecule has 0 spiro atoms. The number of para-hydroxylation sites is 2. The Balaban J connectivity index is 2.08. The van der Waals surface area contributed by atoms with E-state index in [-0.39, 0.29) is 34.0 Å². The number of nitrogens with two attached hydrogens (primary N) is 1. The van der Waals surface area contributed by atoms with Crippen molar-refractivity contribution in [3.8, 4) is 28.6 Å². The molecule has 30 heavy (non-hydrogen) atoms. The molecule has 4 N–H and O–H groups in total. The molecule has 10 heteroatoms. The number of benzene rings is 2. The molecule has 2 aromatic heterocycles. The molecule has 0 saturated heterocycles. The Morgan fingerprint density at radius 1 is 1.27 bits per heavy atom. The summed E-state index contributed by atoms with van der Waals surface area (Å²) in [5.74, 6) is -0.428. The average Bonchev–Trinajstić information content (AvgIpc) is 3.05. The van der Waals surface area contributed by atoms with Gasteiger partial charge in [0, 0.05) is 4.47 Å². The van der Waals surface area contributed by atoms with Crippen molar-refractivity contribution >= 4 is 33.0 Å². The second-order valence-electron chi connectivity index (χ2n) is 6.29. The zero-order valence-electron chi connectivity index (χ0n) is 15.7. The van der Waals surface area contributed by atoms with Crippen LogP contribution >= 0.6 is 15.9 Å². The third-order valence-corrected chi connectivity index (χ3v) is 4.87. The van der Waals surface area contributed by atoms with Crippen molar-refractivity contribution in [3.63, 3.8) is 0 Å². The van der Waals surface area contributed by atoms with Gasteiger partial charge in [0.2, 0.25) is 0 Å². The Labute approximate surface area is 178 Å². The number of hydrogen-bond acceptors (Lipinski definition) is 6. The number of nitrogens with zero attached hydrogens (tertiary/aromatic N) is 3.